The maximum absolute atomic E-state index is 12.5. The van der Waals surface area contributed by atoms with Crippen molar-refractivity contribution in [1.29, 1.82) is 0 Å². The number of nitrogens with two attached hydrogens (primary N) is 1. The van der Waals surface area contributed by atoms with E-state index in [1.165, 1.54) is 32.2 Å². The first kappa shape index (κ1) is 21.3. The smallest absolute Gasteiger partial charge is 0.189 e. The van der Waals surface area contributed by atoms with Crippen LogP contribution in [0.25, 0.3) is 34.0 Å². The standard InChI is InChI=1S/C24H25N5O3S/c1-15(2)33(30,31)19-10-8-18(9-11-19)21-14-27-24(25)23(28-21)22-12-20(29-32-22)17-6-4-16(5-7-17)13-26-3/h4-12,14-15,26H,13H2,1-3H3,(H2,25,27)/i15D. The zero-order chi connectivity index (χ0) is 24.5. The van der Waals surface area contributed by atoms with Gasteiger partial charge in [-0.15, -0.1) is 0 Å². The molecule has 4 rings (SSSR count). The van der Waals surface area contributed by atoms with E-state index in [9.17, 15) is 8.42 Å². The number of hydrogen-bond acceptors (Lipinski definition) is 8. The van der Waals surface area contributed by atoms with Gasteiger partial charge >= 0.3 is 0 Å². The molecule has 3 N–H and O–H groups in total. The van der Waals surface area contributed by atoms with Crippen molar-refractivity contribution < 1.29 is 14.3 Å². The number of benzene rings is 2. The number of aromatic nitrogens is 3. The van der Waals surface area contributed by atoms with Gasteiger partial charge in [0.2, 0.25) is 0 Å². The molecule has 0 saturated heterocycles. The molecule has 170 valence electrons. The first-order chi connectivity index (χ1) is 16.1. The van der Waals surface area contributed by atoms with E-state index >= 15 is 0 Å². The zero-order valence-corrected chi connectivity index (χ0v) is 19.3. The van der Waals surface area contributed by atoms with E-state index in [1.54, 1.807) is 18.2 Å². The van der Waals surface area contributed by atoms with E-state index in [-0.39, 0.29) is 10.7 Å². The normalized spacial score (nSPS) is 12.5. The van der Waals surface area contributed by atoms with Gasteiger partial charge in [0.25, 0.3) is 0 Å². The molecule has 2 aromatic heterocycles. The maximum atomic E-state index is 12.5. The summed E-state index contributed by atoms with van der Waals surface area (Å²) in [6.07, 6.45) is 1.51. The Morgan fingerprint density at radius 3 is 2.33 bits per heavy atom. The number of hydrogen-bond donors (Lipinski definition) is 2. The Morgan fingerprint density at radius 1 is 1.06 bits per heavy atom. The third-order valence-electron chi connectivity index (χ3n) is 5.17. The number of nitrogens with zero attached hydrogens (tertiary/aromatic N) is 3. The Bertz CT molecular complexity index is 1410. The molecule has 0 aliphatic rings. The average molecular weight is 465 g/mol. The average Bonchev–Trinajstić information content (AvgIpc) is 3.29. The molecule has 2 heterocycles. The second-order valence-corrected chi connectivity index (χ2v) is 10.0. The van der Waals surface area contributed by atoms with E-state index < -0.39 is 15.1 Å². The van der Waals surface area contributed by atoms with Crippen LogP contribution in [-0.4, -0.2) is 35.8 Å². The van der Waals surface area contributed by atoms with Crippen molar-refractivity contribution in [1.82, 2.24) is 20.4 Å². The molecular weight excluding hydrogens is 438 g/mol. The second-order valence-electron chi connectivity index (χ2n) is 7.73. The van der Waals surface area contributed by atoms with Crippen molar-refractivity contribution in [2.75, 3.05) is 12.8 Å². The first-order valence-corrected chi connectivity index (χ1v) is 11.8. The van der Waals surface area contributed by atoms with Crippen molar-refractivity contribution in [3.05, 3.63) is 66.4 Å². The number of rotatable bonds is 7. The number of nitrogens with one attached hydrogen (secondary N) is 1. The Hall–Kier alpha value is -3.56. The predicted molar refractivity (Wildman–Crippen MR) is 128 cm³/mol. The molecule has 0 saturated carbocycles. The van der Waals surface area contributed by atoms with Crippen LogP contribution in [0.15, 0.2) is 70.2 Å². The van der Waals surface area contributed by atoms with Gasteiger partial charge in [0.1, 0.15) is 5.69 Å². The van der Waals surface area contributed by atoms with Gasteiger partial charge in [-0.25, -0.2) is 18.4 Å². The van der Waals surface area contributed by atoms with Gasteiger partial charge in [0.05, 0.1) is 22.0 Å². The lowest BCUT2D eigenvalue weighted by Crippen LogP contribution is -2.13. The van der Waals surface area contributed by atoms with E-state index in [0.717, 1.165) is 17.7 Å². The summed E-state index contributed by atoms with van der Waals surface area (Å²) in [5.74, 6) is 0.558. The molecule has 0 bridgehead atoms. The van der Waals surface area contributed by atoms with Crippen LogP contribution >= 0.6 is 0 Å². The number of nitrogen functional groups attached to an aromatic ring is 1. The van der Waals surface area contributed by atoms with Crippen molar-refractivity contribution >= 4 is 15.7 Å². The van der Waals surface area contributed by atoms with Gasteiger partial charge < -0.3 is 15.6 Å². The summed E-state index contributed by atoms with van der Waals surface area (Å²) in [5, 5.41) is 5.62. The summed E-state index contributed by atoms with van der Waals surface area (Å²) in [6, 6.07) is 15.9. The predicted octanol–water partition coefficient (Wildman–Crippen LogP) is 3.95. The van der Waals surface area contributed by atoms with E-state index in [4.69, 9.17) is 11.6 Å². The van der Waals surface area contributed by atoms with Gasteiger partial charge in [0.15, 0.2) is 27.1 Å². The van der Waals surface area contributed by atoms with Crippen LogP contribution in [0.3, 0.4) is 0 Å². The summed E-state index contributed by atoms with van der Waals surface area (Å²) >= 11 is 0. The first-order valence-electron chi connectivity index (χ1n) is 10.8. The monoisotopic (exact) mass is 464 g/mol. The topological polar surface area (TPSA) is 124 Å². The van der Waals surface area contributed by atoms with Crippen LogP contribution in [0.5, 0.6) is 0 Å². The minimum Gasteiger partial charge on any atom is -0.382 e. The molecule has 9 heteroatoms. The second kappa shape index (κ2) is 9.13. The van der Waals surface area contributed by atoms with Crippen molar-refractivity contribution in [3.63, 3.8) is 0 Å². The number of sulfone groups is 1. The summed E-state index contributed by atoms with van der Waals surface area (Å²) in [6.45, 7) is 3.46. The summed E-state index contributed by atoms with van der Waals surface area (Å²) in [4.78, 5) is 8.88. The van der Waals surface area contributed by atoms with Crippen molar-refractivity contribution in [3.8, 4) is 34.0 Å². The quantitative estimate of drug-likeness (QED) is 0.421. The maximum Gasteiger partial charge on any atom is 0.189 e. The van der Waals surface area contributed by atoms with E-state index in [2.05, 4.69) is 20.4 Å². The van der Waals surface area contributed by atoms with Crippen LogP contribution in [0.1, 0.15) is 20.8 Å². The molecule has 0 aliphatic heterocycles. The third kappa shape index (κ3) is 4.64. The molecule has 0 aliphatic carbocycles. The van der Waals surface area contributed by atoms with E-state index in [0.29, 0.717) is 28.4 Å². The Morgan fingerprint density at radius 2 is 1.70 bits per heavy atom. The molecule has 2 aromatic carbocycles. The van der Waals surface area contributed by atoms with Gasteiger partial charge in [-0.1, -0.05) is 41.6 Å². The molecule has 0 radical (unpaired) electrons. The fourth-order valence-electron chi connectivity index (χ4n) is 3.28. The molecule has 0 fully saturated rings. The molecular formula is C24H25N5O3S. The molecule has 8 nitrogen and oxygen atoms in total. The highest BCUT2D eigenvalue weighted by Crippen LogP contribution is 2.30. The largest absolute Gasteiger partial charge is 0.382 e. The summed E-state index contributed by atoms with van der Waals surface area (Å²) < 4.78 is 38.4. The Labute approximate surface area is 194 Å². The molecule has 0 spiro atoms. The molecule has 4 aromatic rings. The highest BCUT2D eigenvalue weighted by molar-refractivity contribution is 7.92. The minimum atomic E-state index is -3.78. The van der Waals surface area contributed by atoms with Crippen molar-refractivity contribution in [2.24, 2.45) is 0 Å². The van der Waals surface area contributed by atoms with Crippen LogP contribution in [0, 0.1) is 0 Å². The van der Waals surface area contributed by atoms with Crippen LogP contribution in [0.4, 0.5) is 5.82 Å². The zero-order valence-electron chi connectivity index (χ0n) is 19.5. The molecule has 0 amide bonds. The minimum absolute atomic E-state index is 0.0699. The lowest BCUT2D eigenvalue weighted by atomic mass is 10.1. The van der Waals surface area contributed by atoms with Gasteiger partial charge in [-0.2, -0.15) is 0 Å². The fourth-order valence-corrected chi connectivity index (χ4v) is 4.25. The van der Waals surface area contributed by atoms with Crippen LogP contribution in [-0.2, 0) is 16.4 Å². The SMILES string of the molecule is [2H]C(C)(C)S(=O)(=O)c1ccc(-c2cnc(N)c(-c3cc(-c4ccc(CNC)cc4)no3)n2)cc1. The van der Waals surface area contributed by atoms with Crippen LogP contribution < -0.4 is 11.1 Å². The fraction of sp³-hybridized carbons (Fsp3) is 0.208. The van der Waals surface area contributed by atoms with Gasteiger partial charge in [-0.05, 0) is 38.6 Å². The van der Waals surface area contributed by atoms with Crippen LogP contribution in [0.2, 0.25) is 0 Å². The summed E-state index contributed by atoms with van der Waals surface area (Å²) in [5.41, 5.74) is 10.2. The van der Waals surface area contributed by atoms with Gasteiger partial charge in [0, 0.05) is 25.1 Å². The molecule has 33 heavy (non-hydrogen) atoms. The van der Waals surface area contributed by atoms with Gasteiger partial charge in [-0.3, -0.25) is 0 Å². The summed E-state index contributed by atoms with van der Waals surface area (Å²) in [7, 11) is -1.88. The van der Waals surface area contributed by atoms with Crippen molar-refractivity contribution in [2.45, 2.75) is 30.5 Å². The molecule has 0 atom stereocenters. The lowest BCUT2D eigenvalue weighted by Gasteiger charge is -2.09. The lowest BCUT2D eigenvalue weighted by molar-refractivity contribution is 0.434. The third-order valence-corrected chi connectivity index (χ3v) is 7.14. The highest BCUT2D eigenvalue weighted by Gasteiger charge is 2.20. The highest BCUT2D eigenvalue weighted by atomic mass is 32.2. The number of anilines is 1. The van der Waals surface area contributed by atoms with E-state index in [1.807, 2.05) is 31.3 Å². The Balaban J connectivity index is 1.63. The Kier molecular flexibility index (Phi) is 5.89. The molecule has 0 unspecified atom stereocenters.